The Morgan fingerprint density at radius 2 is 1.89 bits per heavy atom. The first-order valence-corrected chi connectivity index (χ1v) is 14.0. The normalized spacial score (nSPS) is 14.9. The maximum Gasteiger partial charge on any atom is 0.278 e. The van der Waals surface area contributed by atoms with Crippen molar-refractivity contribution in [1.82, 2.24) is 19.9 Å². The van der Waals surface area contributed by atoms with Crippen LogP contribution in [-0.4, -0.2) is 99.7 Å². The second kappa shape index (κ2) is 11.3. The van der Waals surface area contributed by atoms with Gasteiger partial charge in [-0.15, -0.1) is 0 Å². The fourth-order valence-corrected chi connectivity index (χ4v) is 4.77. The molecule has 1 fully saturated rings. The molecular formula is C23H28N6O5S2. The number of likely N-dealkylation sites (N-methyl/N-ethyl adjacent to an activating group) is 1. The van der Waals surface area contributed by atoms with Crippen molar-refractivity contribution in [3.63, 3.8) is 0 Å². The van der Waals surface area contributed by atoms with E-state index in [1.807, 2.05) is 19.0 Å². The topological polar surface area (TPSA) is 126 Å². The number of morpholine rings is 1. The molecule has 2 aromatic heterocycles. The summed E-state index contributed by atoms with van der Waals surface area (Å²) in [5, 5.41) is 9.51. The van der Waals surface area contributed by atoms with E-state index < -0.39 is 15.7 Å². The van der Waals surface area contributed by atoms with Crippen LogP contribution < -0.4 is 10.1 Å². The van der Waals surface area contributed by atoms with Crippen LogP contribution in [0.5, 0.6) is 5.88 Å². The molecule has 0 unspecified atom stereocenters. The number of rotatable bonds is 9. The number of thiazole rings is 1. The van der Waals surface area contributed by atoms with E-state index in [0.29, 0.717) is 59.8 Å². The Bertz CT molecular complexity index is 1350. The molecule has 1 aliphatic rings. The number of ether oxygens (including phenoxy) is 2. The fraction of sp³-hybridized carbons (Fsp3) is 0.391. The van der Waals surface area contributed by atoms with Crippen molar-refractivity contribution in [3.05, 3.63) is 42.0 Å². The van der Waals surface area contributed by atoms with E-state index in [1.54, 1.807) is 29.3 Å². The first-order valence-electron chi connectivity index (χ1n) is 11.3. The number of hydrogen-bond acceptors (Lipinski definition) is 11. The number of anilines is 1. The molecule has 3 heterocycles. The molecule has 13 heteroatoms. The maximum atomic E-state index is 13.3. The summed E-state index contributed by atoms with van der Waals surface area (Å²) in [6.45, 7) is 3.37. The zero-order valence-corrected chi connectivity index (χ0v) is 21.9. The highest BCUT2D eigenvalue weighted by molar-refractivity contribution is 7.90. The van der Waals surface area contributed by atoms with Gasteiger partial charge < -0.3 is 14.4 Å². The van der Waals surface area contributed by atoms with Crippen LogP contribution in [0.25, 0.3) is 10.3 Å². The van der Waals surface area contributed by atoms with E-state index in [1.165, 1.54) is 23.5 Å². The van der Waals surface area contributed by atoms with Crippen LogP contribution in [0.3, 0.4) is 0 Å². The number of pyridine rings is 1. The van der Waals surface area contributed by atoms with Crippen LogP contribution in [0, 0.1) is 0 Å². The van der Waals surface area contributed by atoms with Gasteiger partial charge in [-0.05, 0) is 32.3 Å². The highest BCUT2D eigenvalue weighted by Crippen LogP contribution is 2.26. The Balaban J connectivity index is 1.56. The summed E-state index contributed by atoms with van der Waals surface area (Å²) in [5.74, 6) is 0.0292. The molecule has 0 spiro atoms. The molecule has 1 aliphatic heterocycles. The van der Waals surface area contributed by atoms with Crippen molar-refractivity contribution in [2.24, 2.45) is 5.10 Å². The Morgan fingerprint density at radius 1 is 1.17 bits per heavy atom. The van der Waals surface area contributed by atoms with Crippen LogP contribution >= 0.6 is 11.3 Å². The SMILES string of the molecule is CN(C)CCOc1ccc2nc(NC(=O)/C(=N/N3CCOCC3)c3ccc(S(C)(=O)=O)cc3)sc2n1. The van der Waals surface area contributed by atoms with Crippen LogP contribution in [0.4, 0.5) is 5.13 Å². The molecule has 36 heavy (non-hydrogen) atoms. The maximum absolute atomic E-state index is 13.3. The van der Waals surface area contributed by atoms with Gasteiger partial charge >= 0.3 is 0 Å². The van der Waals surface area contributed by atoms with Gasteiger partial charge in [-0.1, -0.05) is 23.5 Å². The molecule has 0 radical (unpaired) electrons. The summed E-state index contributed by atoms with van der Waals surface area (Å²) < 4.78 is 34.8. The lowest BCUT2D eigenvalue weighted by atomic mass is 10.1. The van der Waals surface area contributed by atoms with Gasteiger partial charge in [-0.25, -0.2) is 18.4 Å². The van der Waals surface area contributed by atoms with Crippen LogP contribution in [0.15, 0.2) is 46.4 Å². The second-order valence-corrected chi connectivity index (χ2v) is 11.4. The molecule has 0 atom stereocenters. The van der Waals surface area contributed by atoms with Gasteiger partial charge in [-0.2, -0.15) is 5.10 Å². The van der Waals surface area contributed by atoms with E-state index in [2.05, 4.69) is 20.4 Å². The van der Waals surface area contributed by atoms with Crippen LogP contribution in [0.2, 0.25) is 0 Å². The summed E-state index contributed by atoms with van der Waals surface area (Å²) in [4.78, 5) is 25.1. The number of amides is 1. The third kappa shape index (κ3) is 6.75. The third-order valence-electron chi connectivity index (χ3n) is 5.24. The predicted octanol–water partition coefficient (Wildman–Crippen LogP) is 1.71. The molecule has 1 amide bonds. The Hall–Kier alpha value is -3.13. The second-order valence-electron chi connectivity index (χ2n) is 8.41. The first kappa shape index (κ1) is 25.9. The zero-order chi connectivity index (χ0) is 25.7. The number of nitrogens with one attached hydrogen (secondary N) is 1. The number of carbonyl (C=O) groups excluding carboxylic acids is 1. The fourth-order valence-electron chi connectivity index (χ4n) is 3.31. The lowest BCUT2D eigenvalue weighted by molar-refractivity contribution is -0.110. The third-order valence-corrected chi connectivity index (χ3v) is 7.25. The summed E-state index contributed by atoms with van der Waals surface area (Å²) in [6, 6.07) is 9.63. The molecule has 1 saturated heterocycles. The molecule has 1 N–H and O–H groups in total. The van der Waals surface area contributed by atoms with Gasteiger partial charge in [0.15, 0.2) is 20.7 Å². The van der Waals surface area contributed by atoms with Crippen LogP contribution in [-0.2, 0) is 19.4 Å². The van der Waals surface area contributed by atoms with Crippen molar-refractivity contribution < 1.29 is 22.7 Å². The minimum absolute atomic E-state index is 0.150. The lowest BCUT2D eigenvalue weighted by Gasteiger charge is -2.24. The molecular weight excluding hydrogens is 504 g/mol. The first-order chi connectivity index (χ1) is 17.2. The number of fused-ring (bicyclic) bond motifs is 1. The number of hydrazone groups is 1. The molecule has 0 saturated carbocycles. The van der Waals surface area contributed by atoms with Gasteiger partial charge in [0.1, 0.15) is 17.0 Å². The smallest absolute Gasteiger partial charge is 0.278 e. The summed E-state index contributed by atoms with van der Waals surface area (Å²) in [5.41, 5.74) is 1.28. The van der Waals surface area contributed by atoms with Crippen molar-refractivity contribution in [2.75, 3.05) is 65.1 Å². The van der Waals surface area contributed by atoms with Gasteiger partial charge in [0, 0.05) is 24.4 Å². The monoisotopic (exact) mass is 532 g/mol. The number of sulfone groups is 1. The van der Waals surface area contributed by atoms with E-state index in [9.17, 15) is 13.2 Å². The summed E-state index contributed by atoms with van der Waals surface area (Å²) in [6.07, 6.45) is 1.14. The largest absolute Gasteiger partial charge is 0.476 e. The molecule has 0 bridgehead atoms. The quantitative estimate of drug-likeness (QED) is 0.410. The molecule has 1 aromatic carbocycles. The van der Waals surface area contributed by atoms with Gasteiger partial charge in [0.05, 0.1) is 31.2 Å². The number of aromatic nitrogens is 2. The molecule has 3 aromatic rings. The number of carbonyl (C=O) groups is 1. The minimum atomic E-state index is -3.37. The standard InChI is InChI=1S/C23H28N6O5S2/c1-28(2)10-15-34-19-9-8-18-22(25-19)35-23(24-18)26-21(30)20(27-29-11-13-33-14-12-29)16-4-6-17(7-5-16)36(3,31)32/h4-9H,10-15H2,1-3H3,(H,24,26,30)/b27-20+. The van der Waals surface area contributed by atoms with Gasteiger partial charge in [-0.3, -0.25) is 15.1 Å². The lowest BCUT2D eigenvalue weighted by Crippen LogP contribution is -2.35. The number of nitrogens with zero attached hydrogens (tertiary/aromatic N) is 5. The predicted molar refractivity (Wildman–Crippen MR) is 139 cm³/mol. The molecule has 4 rings (SSSR count). The van der Waals surface area contributed by atoms with Crippen LogP contribution in [0.1, 0.15) is 5.56 Å². The molecule has 192 valence electrons. The number of benzene rings is 1. The molecule has 11 nitrogen and oxygen atoms in total. The van der Waals surface area contributed by atoms with Crippen molar-refractivity contribution in [1.29, 1.82) is 0 Å². The van der Waals surface area contributed by atoms with E-state index >= 15 is 0 Å². The zero-order valence-electron chi connectivity index (χ0n) is 20.3. The Morgan fingerprint density at radius 3 is 2.56 bits per heavy atom. The highest BCUT2D eigenvalue weighted by atomic mass is 32.2. The number of hydrogen-bond donors (Lipinski definition) is 1. The van der Waals surface area contributed by atoms with Crippen molar-refractivity contribution in [2.45, 2.75) is 4.90 Å². The molecule has 0 aliphatic carbocycles. The Kier molecular flexibility index (Phi) is 8.14. The highest BCUT2D eigenvalue weighted by Gasteiger charge is 2.20. The summed E-state index contributed by atoms with van der Waals surface area (Å²) >= 11 is 1.23. The Labute approximate surface area is 213 Å². The van der Waals surface area contributed by atoms with E-state index in [0.717, 1.165) is 12.8 Å². The average molecular weight is 533 g/mol. The van der Waals surface area contributed by atoms with E-state index in [4.69, 9.17) is 9.47 Å². The minimum Gasteiger partial charge on any atom is -0.476 e. The van der Waals surface area contributed by atoms with Crippen molar-refractivity contribution >= 4 is 48.3 Å². The van der Waals surface area contributed by atoms with E-state index in [-0.39, 0.29) is 10.6 Å². The average Bonchev–Trinajstić information content (AvgIpc) is 3.24. The van der Waals surface area contributed by atoms with Gasteiger partial charge in [0.25, 0.3) is 5.91 Å². The summed E-state index contributed by atoms with van der Waals surface area (Å²) in [7, 11) is 0.569. The van der Waals surface area contributed by atoms with Crippen molar-refractivity contribution in [3.8, 4) is 5.88 Å². The van der Waals surface area contributed by atoms with Gasteiger partial charge in [0.2, 0.25) is 5.88 Å².